The second-order valence-electron chi connectivity index (χ2n) is 8.56. The lowest BCUT2D eigenvalue weighted by Crippen LogP contribution is -2.45. The third-order valence-electron chi connectivity index (χ3n) is 6.09. The zero-order valence-electron chi connectivity index (χ0n) is 19.2. The number of furan rings is 1. The molecular formula is C24H30N2O7. The van der Waals surface area contributed by atoms with E-state index in [4.69, 9.17) is 23.8 Å². The van der Waals surface area contributed by atoms with Gasteiger partial charge in [-0.3, -0.25) is 14.4 Å². The Morgan fingerprint density at radius 1 is 1.21 bits per heavy atom. The summed E-state index contributed by atoms with van der Waals surface area (Å²) >= 11 is 0. The number of piperidine rings is 1. The van der Waals surface area contributed by atoms with E-state index in [2.05, 4.69) is 0 Å². The molecular weight excluding hydrogens is 428 g/mol. The van der Waals surface area contributed by atoms with Crippen molar-refractivity contribution in [1.29, 1.82) is 0 Å². The Kier molecular flexibility index (Phi) is 7.75. The van der Waals surface area contributed by atoms with Crippen LogP contribution in [0.1, 0.15) is 29.8 Å². The molecule has 0 radical (unpaired) electrons. The van der Waals surface area contributed by atoms with Crippen LogP contribution in [0, 0.1) is 5.41 Å². The Morgan fingerprint density at radius 2 is 1.85 bits per heavy atom. The second kappa shape index (κ2) is 10.5. The zero-order valence-corrected chi connectivity index (χ0v) is 19.2. The number of likely N-dealkylation sites (N-methyl/N-ethyl adjacent to an activating group) is 1. The van der Waals surface area contributed by atoms with Crippen LogP contribution in [0.4, 0.5) is 0 Å². The van der Waals surface area contributed by atoms with Crippen LogP contribution in [0.25, 0.3) is 11.3 Å². The number of cyclic esters (lactones) is 1. The van der Waals surface area contributed by atoms with Gasteiger partial charge in [0.1, 0.15) is 17.6 Å². The molecule has 178 valence electrons. The Bertz CT molecular complexity index is 959. The Labute approximate surface area is 192 Å². The van der Waals surface area contributed by atoms with Gasteiger partial charge < -0.3 is 28.8 Å². The zero-order chi connectivity index (χ0) is 24.0. The van der Waals surface area contributed by atoms with Crippen LogP contribution in [0.5, 0.6) is 5.75 Å². The van der Waals surface area contributed by atoms with Crippen LogP contribution in [0.2, 0.25) is 0 Å². The molecule has 9 nitrogen and oxygen atoms in total. The first kappa shape index (κ1) is 24.3. The molecule has 33 heavy (non-hydrogen) atoms. The summed E-state index contributed by atoms with van der Waals surface area (Å²) in [4.78, 5) is 37.6. The summed E-state index contributed by atoms with van der Waals surface area (Å²) in [7, 11) is 5.57. The summed E-state index contributed by atoms with van der Waals surface area (Å²) in [5, 5.41) is 6.89. The number of carbonyl (C=O) groups is 3. The van der Waals surface area contributed by atoms with Gasteiger partial charge in [-0.05, 0) is 63.3 Å². The van der Waals surface area contributed by atoms with E-state index in [-0.39, 0.29) is 24.5 Å². The predicted molar refractivity (Wildman–Crippen MR) is 120 cm³/mol. The molecule has 1 spiro atoms. The molecule has 4 rings (SSSR count). The third-order valence-corrected chi connectivity index (χ3v) is 6.09. The summed E-state index contributed by atoms with van der Waals surface area (Å²) in [5.41, 5.74) is 0.433. The number of hydrogen-bond donors (Lipinski definition) is 1. The van der Waals surface area contributed by atoms with E-state index >= 15 is 0 Å². The van der Waals surface area contributed by atoms with Gasteiger partial charge in [0.15, 0.2) is 5.76 Å². The fraction of sp³-hybridized carbons (Fsp3) is 0.458. The van der Waals surface area contributed by atoms with Gasteiger partial charge in [-0.15, -0.1) is 0 Å². The van der Waals surface area contributed by atoms with Crippen LogP contribution < -0.4 is 4.74 Å². The topological polar surface area (TPSA) is 110 Å². The number of ether oxygens (including phenoxy) is 2. The highest BCUT2D eigenvalue weighted by Gasteiger charge is 2.51. The number of methoxy groups -OCH3 is 1. The number of likely N-dealkylation sites (tertiary alicyclic amines) is 1. The van der Waals surface area contributed by atoms with Crippen molar-refractivity contribution in [3.05, 3.63) is 42.2 Å². The van der Waals surface area contributed by atoms with Gasteiger partial charge in [0, 0.05) is 31.6 Å². The van der Waals surface area contributed by atoms with Crippen molar-refractivity contribution < 1.29 is 33.4 Å². The lowest BCUT2D eigenvalue weighted by molar-refractivity contribution is -0.150. The maximum absolute atomic E-state index is 12.9. The van der Waals surface area contributed by atoms with E-state index in [1.54, 1.807) is 24.1 Å². The van der Waals surface area contributed by atoms with Crippen molar-refractivity contribution in [1.82, 2.24) is 9.80 Å². The molecule has 3 heterocycles. The smallest absolute Gasteiger partial charge is 0.312 e. The highest BCUT2D eigenvalue weighted by Crippen LogP contribution is 2.43. The van der Waals surface area contributed by atoms with Crippen molar-refractivity contribution >= 4 is 18.3 Å². The number of hydrogen-bond acceptors (Lipinski definition) is 7. The molecule has 0 bridgehead atoms. The molecule has 1 unspecified atom stereocenters. The molecule has 2 aliphatic rings. The largest absolute Gasteiger partial charge is 0.497 e. The van der Waals surface area contributed by atoms with E-state index in [1.165, 1.54) is 0 Å². The standard InChI is InChI=1S/C23H28N2O5.CH2O2/c1-24(2)15-18-14-23(22(27)29-18)10-12-25(13-11-23)21(26)20-9-8-19(30-20)16-4-6-17(28-3)7-5-16;2-1-3/h4-9,18H,10-15H2,1-3H3;1H,(H,2,3). The molecule has 0 aliphatic carbocycles. The predicted octanol–water partition coefficient (Wildman–Crippen LogP) is 2.76. The van der Waals surface area contributed by atoms with Crippen molar-refractivity contribution in [2.24, 2.45) is 5.41 Å². The first-order chi connectivity index (χ1) is 15.8. The molecule has 9 heteroatoms. The van der Waals surface area contributed by atoms with Gasteiger partial charge in [-0.2, -0.15) is 0 Å². The summed E-state index contributed by atoms with van der Waals surface area (Å²) in [5.74, 6) is 1.47. The summed E-state index contributed by atoms with van der Waals surface area (Å²) in [6.45, 7) is 1.54. The first-order valence-electron chi connectivity index (χ1n) is 10.8. The van der Waals surface area contributed by atoms with Gasteiger partial charge in [-0.1, -0.05) is 0 Å². The van der Waals surface area contributed by atoms with Gasteiger partial charge in [0.2, 0.25) is 0 Å². The summed E-state index contributed by atoms with van der Waals surface area (Å²) in [6.07, 6.45) is 1.93. The van der Waals surface area contributed by atoms with Crippen molar-refractivity contribution in [3.8, 4) is 17.1 Å². The maximum atomic E-state index is 12.9. The number of carbonyl (C=O) groups excluding carboxylic acids is 2. The number of esters is 1. The monoisotopic (exact) mass is 458 g/mol. The van der Waals surface area contributed by atoms with Crippen molar-refractivity contribution in [2.45, 2.75) is 25.4 Å². The van der Waals surface area contributed by atoms with Crippen LogP contribution >= 0.6 is 0 Å². The minimum absolute atomic E-state index is 0.0631. The number of carboxylic acid groups (broad SMARTS) is 1. The van der Waals surface area contributed by atoms with E-state index in [0.29, 0.717) is 37.5 Å². The summed E-state index contributed by atoms with van der Waals surface area (Å²) < 4.78 is 16.6. The minimum Gasteiger partial charge on any atom is -0.497 e. The lowest BCUT2D eigenvalue weighted by atomic mass is 9.76. The SMILES string of the molecule is COc1ccc(-c2ccc(C(=O)N3CCC4(CC3)CC(CN(C)C)OC4=O)o2)cc1.O=CO. The maximum Gasteiger partial charge on any atom is 0.312 e. The van der Waals surface area contributed by atoms with E-state index in [0.717, 1.165) is 24.3 Å². The highest BCUT2D eigenvalue weighted by atomic mass is 16.6. The third kappa shape index (κ3) is 5.54. The molecule has 1 N–H and O–H groups in total. The molecule has 2 aliphatic heterocycles. The second-order valence-corrected chi connectivity index (χ2v) is 8.56. The number of rotatable bonds is 5. The van der Waals surface area contributed by atoms with Gasteiger partial charge in [-0.25, -0.2) is 0 Å². The van der Waals surface area contributed by atoms with Crippen LogP contribution in [0.15, 0.2) is 40.8 Å². The molecule has 2 saturated heterocycles. The first-order valence-corrected chi connectivity index (χ1v) is 10.8. The molecule has 0 saturated carbocycles. The average Bonchev–Trinajstić information content (AvgIpc) is 3.39. The Hall–Kier alpha value is -3.33. The van der Waals surface area contributed by atoms with Crippen molar-refractivity contribution in [3.63, 3.8) is 0 Å². The number of nitrogens with zero attached hydrogens (tertiary/aromatic N) is 2. The Balaban J connectivity index is 0.000000968. The minimum atomic E-state index is -0.450. The van der Waals surface area contributed by atoms with E-state index < -0.39 is 5.41 Å². The molecule has 1 atom stereocenters. The highest BCUT2D eigenvalue weighted by molar-refractivity contribution is 5.92. The number of amides is 1. The average molecular weight is 459 g/mol. The fourth-order valence-electron chi connectivity index (χ4n) is 4.41. The van der Waals surface area contributed by atoms with Crippen LogP contribution in [-0.4, -0.2) is 80.2 Å². The van der Waals surface area contributed by atoms with E-state index in [1.807, 2.05) is 43.3 Å². The molecule has 1 amide bonds. The van der Waals surface area contributed by atoms with Gasteiger partial charge in [0.05, 0.1) is 12.5 Å². The van der Waals surface area contributed by atoms with Crippen LogP contribution in [-0.2, 0) is 14.3 Å². The quantitative estimate of drug-likeness (QED) is 0.538. The van der Waals surface area contributed by atoms with Crippen molar-refractivity contribution in [2.75, 3.05) is 40.8 Å². The fourth-order valence-corrected chi connectivity index (χ4v) is 4.41. The van der Waals surface area contributed by atoms with Crippen LogP contribution in [0.3, 0.4) is 0 Å². The molecule has 1 aromatic carbocycles. The van der Waals surface area contributed by atoms with Gasteiger partial charge >= 0.3 is 5.97 Å². The Morgan fingerprint density at radius 3 is 2.42 bits per heavy atom. The molecule has 2 fully saturated rings. The lowest BCUT2D eigenvalue weighted by Gasteiger charge is -2.36. The normalized spacial score (nSPS) is 19.1. The number of benzene rings is 1. The van der Waals surface area contributed by atoms with E-state index in [9.17, 15) is 9.59 Å². The molecule has 1 aromatic heterocycles. The summed E-state index contributed by atoms with van der Waals surface area (Å²) in [6, 6.07) is 11.0. The molecule has 2 aromatic rings. The van der Waals surface area contributed by atoms with Gasteiger partial charge in [0.25, 0.3) is 12.4 Å².